The van der Waals surface area contributed by atoms with E-state index in [9.17, 15) is 10.5 Å². The fourth-order valence-electron chi connectivity index (χ4n) is 6.44. The maximum atomic E-state index is 9.82. The Morgan fingerprint density at radius 1 is 0.432 bits per heavy atom. The van der Waals surface area contributed by atoms with Gasteiger partial charge in [0.05, 0.1) is 34.3 Å². The third-order valence-corrected chi connectivity index (χ3v) is 8.45. The lowest BCUT2D eigenvalue weighted by atomic mass is 9.96. The van der Waals surface area contributed by atoms with Crippen LogP contribution in [0.2, 0.25) is 0 Å². The van der Waals surface area contributed by atoms with E-state index in [4.69, 9.17) is 0 Å². The summed E-state index contributed by atoms with van der Waals surface area (Å²) < 4.78 is 2.23. The first-order valence-electron chi connectivity index (χ1n) is 14.5. The van der Waals surface area contributed by atoms with E-state index < -0.39 is 0 Å². The second-order valence-electron chi connectivity index (χ2n) is 10.8. The Bertz CT molecular complexity index is 2290. The predicted octanol–water partition coefficient (Wildman–Crippen LogP) is 10.3. The zero-order valence-corrected chi connectivity index (χ0v) is 23.6. The quantitative estimate of drug-likeness (QED) is 0.197. The molecule has 0 saturated heterocycles. The van der Waals surface area contributed by atoms with Crippen LogP contribution < -0.4 is 4.90 Å². The van der Waals surface area contributed by atoms with Gasteiger partial charge >= 0.3 is 0 Å². The molecule has 204 valence electrons. The van der Waals surface area contributed by atoms with Crippen LogP contribution in [-0.2, 0) is 0 Å². The van der Waals surface area contributed by atoms with Crippen molar-refractivity contribution in [3.05, 3.63) is 157 Å². The van der Waals surface area contributed by atoms with Crippen LogP contribution in [0.25, 0.3) is 49.4 Å². The van der Waals surface area contributed by atoms with Gasteiger partial charge in [-0.2, -0.15) is 10.5 Å². The monoisotopic (exact) mass is 560 g/mol. The summed E-state index contributed by atoms with van der Waals surface area (Å²) in [5.41, 5.74) is 9.85. The minimum atomic E-state index is 0.632. The van der Waals surface area contributed by atoms with Gasteiger partial charge in [-0.1, -0.05) is 72.8 Å². The molecule has 0 aliphatic heterocycles. The summed E-state index contributed by atoms with van der Waals surface area (Å²) in [6.07, 6.45) is 0. The Morgan fingerprint density at radius 3 is 1.41 bits per heavy atom. The Labute approximate surface area is 254 Å². The highest BCUT2D eigenvalue weighted by atomic mass is 15.1. The van der Waals surface area contributed by atoms with Gasteiger partial charge in [-0.25, -0.2) is 0 Å². The molecule has 0 aliphatic rings. The third kappa shape index (κ3) is 3.91. The number of hydrogen-bond donors (Lipinski definition) is 0. The van der Waals surface area contributed by atoms with Gasteiger partial charge in [0.1, 0.15) is 0 Å². The fourth-order valence-corrected chi connectivity index (χ4v) is 6.44. The highest BCUT2D eigenvalue weighted by molar-refractivity contribution is 6.26. The standard InChI is InChI=1S/C40H24N4/c41-25-29-13-23-37-39-35(29)21-22-36-30(26-42)14-24-38(40(36)39)44(37)34-19-17-33(18-20-34)43(31-9-5-2-6-10-31)32-15-11-28(12-16-32)27-7-3-1-4-8-27/h1-24H. The summed E-state index contributed by atoms with van der Waals surface area (Å²) in [5.74, 6) is 0. The van der Waals surface area contributed by atoms with Crippen LogP contribution in [-0.4, -0.2) is 4.57 Å². The Morgan fingerprint density at radius 2 is 0.886 bits per heavy atom. The Kier molecular flexibility index (Phi) is 5.86. The molecule has 8 aromatic rings. The molecule has 7 aromatic carbocycles. The van der Waals surface area contributed by atoms with Gasteiger partial charge in [-0.3, -0.25) is 0 Å². The van der Waals surface area contributed by atoms with Crippen molar-refractivity contribution in [2.75, 3.05) is 4.90 Å². The summed E-state index contributed by atoms with van der Waals surface area (Å²) >= 11 is 0. The van der Waals surface area contributed by atoms with Crippen molar-refractivity contribution < 1.29 is 0 Å². The average Bonchev–Trinajstić information content (AvgIpc) is 3.44. The number of para-hydroxylation sites is 1. The number of benzene rings is 7. The third-order valence-electron chi connectivity index (χ3n) is 8.45. The summed E-state index contributed by atoms with van der Waals surface area (Å²) in [7, 11) is 0. The van der Waals surface area contributed by atoms with E-state index in [0.29, 0.717) is 11.1 Å². The molecule has 0 N–H and O–H groups in total. The van der Waals surface area contributed by atoms with E-state index in [0.717, 1.165) is 55.3 Å². The molecule has 0 amide bonds. The lowest BCUT2D eigenvalue weighted by molar-refractivity contribution is 1.17. The number of aromatic nitrogens is 1. The zero-order chi connectivity index (χ0) is 29.6. The molecule has 0 aliphatic carbocycles. The van der Waals surface area contributed by atoms with Gasteiger partial charge in [-0.15, -0.1) is 0 Å². The normalized spacial score (nSPS) is 11.1. The predicted molar refractivity (Wildman–Crippen MR) is 179 cm³/mol. The van der Waals surface area contributed by atoms with Crippen LogP contribution in [0, 0.1) is 22.7 Å². The van der Waals surface area contributed by atoms with E-state index in [2.05, 4.69) is 119 Å². The SMILES string of the molecule is N#Cc1ccc2c3c1ccc1c(C#N)ccc(c13)n2-c1ccc(N(c2ccccc2)c2ccc(-c3ccccc3)cc2)cc1. The molecule has 0 atom stereocenters. The first kappa shape index (κ1) is 25.4. The van der Waals surface area contributed by atoms with Gasteiger partial charge in [-0.05, 0) is 83.9 Å². The van der Waals surface area contributed by atoms with Crippen LogP contribution in [0.5, 0.6) is 0 Å². The minimum Gasteiger partial charge on any atom is -0.311 e. The van der Waals surface area contributed by atoms with Gasteiger partial charge in [0.15, 0.2) is 0 Å². The largest absolute Gasteiger partial charge is 0.311 e. The topological polar surface area (TPSA) is 55.8 Å². The van der Waals surface area contributed by atoms with Gasteiger partial charge < -0.3 is 9.47 Å². The lowest BCUT2D eigenvalue weighted by Crippen LogP contribution is -2.10. The number of nitriles is 2. The zero-order valence-electron chi connectivity index (χ0n) is 23.6. The first-order chi connectivity index (χ1) is 21.7. The summed E-state index contributed by atoms with van der Waals surface area (Å²) in [4.78, 5) is 2.26. The van der Waals surface area contributed by atoms with Gasteiger partial charge in [0.25, 0.3) is 0 Å². The van der Waals surface area contributed by atoms with Crippen LogP contribution in [0.1, 0.15) is 11.1 Å². The van der Waals surface area contributed by atoms with Gasteiger partial charge in [0, 0.05) is 44.3 Å². The second kappa shape index (κ2) is 10.2. The molecular weight excluding hydrogens is 536 g/mol. The minimum absolute atomic E-state index is 0.632. The van der Waals surface area contributed by atoms with Crippen LogP contribution in [0.15, 0.2) is 146 Å². The maximum absolute atomic E-state index is 9.82. The molecule has 0 radical (unpaired) electrons. The van der Waals surface area contributed by atoms with E-state index in [-0.39, 0.29) is 0 Å². The number of rotatable bonds is 5. The smallest absolute Gasteiger partial charge is 0.0998 e. The van der Waals surface area contributed by atoms with Crippen LogP contribution in [0.4, 0.5) is 17.1 Å². The van der Waals surface area contributed by atoms with Crippen molar-refractivity contribution in [3.63, 3.8) is 0 Å². The van der Waals surface area contributed by atoms with E-state index >= 15 is 0 Å². The van der Waals surface area contributed by atoms with Crippen molar-refractivity contribution in [2.45, 2.75) is 0 Å². The van der Waals surface area contributed by atoms with E-state index in [1.807, 2.05) is 48.5 Å². The summed E-state index contributed by atoms with van der Waals surface area (Å²) in [5, 5.41) is 23.5. The molecule has 8 rings (SSSR count). The number of nitrogens with zero attached hydrogens (tertiary/aromatic N) is 4. The van der Waals surface area contributed by atoms with E-state index in [1.165, 1.54) is 11.1 Å². The maximum Gasteiger partial charge on any atom is 0.0998 e. The lowest BCUT2D eigenvalue weighted by Gasteiger charge is -2.26. The second-order valence-corrected chi connectivity index (χ2v) is 10.8. The van der Waals surface area contributed by atoms with Crippen LogP contribution >= 0.6 is 0 Å². The van der Waals surface area contributed by atoms with Crippen molar-refractivity contribution >= 4 is 49.6 Å². The molecule has 4 heteroatoms. The molecule has 1 heterocycles. The molecule has 0 fully saturated rings. The molecule has 0 bridgehead atoms. The highest BCUT2D eigenvalue weighted by Gasteiger charge is 2.20. The highest BCUT2D eigenvalue weighted by Crippen LogP contribution is 2.42. The fraction of sp³-hybridized carbons (Fsp3) is 0. The van der Waals surface area contributed by atoms with Crippen molar-refractivity contribution in [1.82, 2.24) is 4.57 Å². The van der Waals surface area contributed by atoms with Crippen molar-refractivity contribution in [3.8, 4) is 29.0 Å². The number of hydrogen-bond acceptors (Lipinski definition) is 3. The van der Waals surface area contributed by atoms with E-state index in [1.54, 1.807) is 0 Å². The Balaban J connectivity index is 1.27. The van der Waals surface area contributed by atoms with Crippen LogP contribution in [0.3, 0.4) is 0 Å². The molecule has 0 unspecified atom stereocenters. The Hall–Kier alpha value is -6.36. The molecule has 0 saturated carbocycles. The molecule has 44 heavy (non-hydrogen) atoms. The molecule has 1 aromatic heterocycles. The first-order valence-corrected chi connectivity index (χ1v) is 14.5. The molecule has 4 nitrogen and oxygen atoms in total. The molecular formula is C40H24N4. The number of anilines is 3. The average molecular weight is 561 g/mol. The van der Waals surface area contributed by atoms with Gasteiger partial charge in [0.2, 0.25) is 0 Å². The summed E-state index contributed by atoms with van der Waals surface area (Å²) in [6, 6.07) is 54.5. The molecule has 0 spiro atoms. The summed E-state index contributed by atoms with van der Waals surface area (Å²) in [6.45, 7) is 0. The van der Waals surface area contributed by atoms with Crippen molar-refractivity contribution in [1.29, 1.82) is 10.5 Å². The van der Waals surface area contributed by atoms with Crippen molar-refractivity contribution in [2.24, 2.45) is 0 Å².